The van der Waals surface area contributed by atoms with Crippen LogP contribution in [-0.2, 0) is 11.4 Å². The number of benzene rings is 1. The van der Waals surface area contributed by atoms with E-state index >= 15 is 0 Å². The predicted molar refractivity (Wildman–Crippen MR) is 85.2 cm³/mol. The zero-order valence-corrected chi connectivity index (χ0v) is 13.5. The minimum absolute atomic E-state index is 0.345. The van der Waals surface area contributed by atoms with Crippen molar-refractivity contribution in [2.24, 2.45) is 4.40 Å². The molecule has 0 spiro atoms. The molecule has 0 fully saturated rings. The molecule has 2 rings (SSSR count). The maximum atomic E-state index is 13.7. The molecule has 0 amide bonds. The first-order valence-electron chi connectivity index (χ1n) is 6.29. The zero-order chi connectivity index (χ0) is 15.6. The number of halogens is 2. The Morgan fingerprint density at radius 1 is 1.19 bits per heavy atom. The third-order valence-electron chi connectivity index (χ3n) is 2.62. The van der Waals surface area contributed by atoms with Crippen LogP contribution < -0.4 is 0 Å². The summed E-state index contributed by atoms with van der Waals surface area (Å²) in [7, 11) is 0. The van der Waals surface area contributed by atoms with Gasteiger partial charge in [0.05, 0.1) is 11.1 Å². The first kappa shape index (κ1) is 16.1. The molecule has 0 aliphatic heterocycles. The van der Waals surface area contributed by atoms with Crippen LogP contribution in [0.25, 0.3) is 10.4 Å². The molecule has 0 radical (unpaired) electrons. The SMILES string of the molecule is CC(C)(C)[S+]([O-])N=Cc1ccc(-c2ccc(F)cc2F)s1. The van der Waals surface area contributed by atoms with Crippen LogP contribution in [0.2, 0.25) is 0 Å². The van der Waals surface area contributed by atoms with Crippen LogP contribution in [0.4, 0.5) is 8.78 Å². The van der Waals surface area contributed by atoms with Crippen molar-refractivity contribution >= 4 is 28.9 Å². The van der Waals surface area contributed by atoms with Crippen LogP contribution in [0.5, 0.6) is 0 Å². The number of thiophene rings is 1. The fourth-order valence-corrected chi connectivity index (χ4v) is 3.01. The summed E-state index contributed by atoms with van der Waals surface area (Å²) in [6, 6.07) is 7.00. The molecular formula is C15H15F2NOS2. The standard InChI is InChI=1S/C15H15F2NOS2/c1-15(2,3)21(19)18-9-11-5-7-14(20-11)12-6-4-10(16)8-13(12)17/h4-9H,1-3H3. The number of hydrogen-bond donors (Lipinski definition) is 0. The molecule has 1 aromatic carbocycles. The molecule has 0 aliphatic rings. The second kappa shape index (κ2) is 6.25. The zero-order valence-electron chi connectivity index (χ0n) is 11.9. The fourth-order valence-electron chi connectivity index (χ4n) is 1.51. The molecule has 0 aliphatic carbocycles. The molecule has 1 unspecified atom stereocenters. The summed E-state index contributed by atoms with van der Waals surface area (Å²) < 4.78 is 42.0. The number of hydrogen-bond acceptors (Lipinski definition) is 3. The summed E-state index contributed by atoms with van der Waals surface area (Å²) >= 11 is -0.0157. The number of nitrogens with zero attached hydrogens (tertiary/aromatic N) is 1. The average molecular weight is 327 g/mol. The van der Waals surface area contributed by atoms with Crippen molar-refractivity contribution in [3.8, 4) is 10.4 Å². The lowest BCUT2D eigenvalue weighted by Crippen LogP contribution is -2.25. The van der Waals surface area contributed by atoms with Crippen LogP contribution in [0.1, 0.15) is 25.6 Å². The lowest BCUT2D eigenvalue weighted by molar-refractivity contribution is 0.562. The van der Waals surface area contributed by atoms with Crippen molar-refractivity contribution in [2.45, 2.75) is 25.5 Å². The fraction of sp³-hybridized carbons (Fsp3) is 0.267. The second-order valence-corrected chi connectivity index (χ2v) is 8.47. The van der Waals surface area contributed by atoms with E-state index in [1.54, 1.807) is 12.1 Å². The van der Waals surface area contributed by atoms with E-state index in [0.717, 1.165) is 10.9 Å². The van der Waals surface area contributed by atoms with Gasteiger partial charge < -0.3 is 4.55 Å². The highest BCUT2D eigenvalue weighted by Crippen LogP contribution is 2.30. The summed E-state index contributed by atoms with van der Waals surface area (Å²) in [5, 5.41) is 0. The highest BCUT2D eigenvalue weighted by molar-refractivity contribution is 7.91. The Labute approximate surface area is 129 Å². The van der Waals surface area contributed by atoms with Crippen LogP contribution in [0.15, 0.2) is 34.7 Å². The van der Waals surface area contributed by atoms with Gasteiger partial charge >= 0.3 is 0 Å². The summed E-state index contributed by atoms with van der Waals surface area (Å²) in [5.41, 5.74) is 0.345. The Kier molecular flexibility index (Phi) is 4.81. The molecule has 1 atom stereocenters. The van der Waals surface area contributed by atoms with E-state index < -0.39 is 27.7 Å². The number of rotatable bonds is 3. The molecule has 2 aromatic rings. The van der Waals surface area contributed by atoms with E-state index in [4.69, 9.17) is 0 Å². The molecular weight excluding hydrogens is 312 g/mol. The maximum Gasteiger partial charge on any atom is 0.144 e. The summed E-state index contributed by atoms with van der Waals surface area (Å²) in [5.74, 6) is -1.20. The molecule has 0 saturated carbocycles. The molecule has 112 valence electrons. The van der Waals surface area contributed by atoms with Crippen molar-refractivity contribution in [1.29, 1.82) is 0 Å². The van der Waals surface area contributed by atoms with Gasteiger partial charge in [-0.3, -0.25) is 0 Å². The van der Waals surface area contributed by atoms with E-state index in [0.29, 0.717) is 10.4 Å². The third-order valence-corrected chi connectivity index (χ3v) is 5.02. The van der Waals surface area contributed by atoms with Crippen molar-refractivity contribution in [2.75, 3.05) is 0 Å². The van der Waals surface area contributed by atoms with Crippen LogP contribution in [0, 0.1) is 11.6 Å². The average Bonchev–Trinajstić information content (AvgIpc) is 2.83. The lowest BCUT2D eigenvalue weighted by Gasteiger charge is -2.17. The normalized spacial score (nSPS) is 13.8. The highest BCUT2D eigenvalue weighted by atomic mass is 32.2. The first-order chi connectivity index (χ1) is 9.77. The summed E-state index contributed by atoms with van der Waals surface area (Å²) in [6.45, 7) is 5.52. The molecule has 21 heavy (non-hydrogen) atoms. The van der Waals surface area contributed by atoms with Gasteiger partial charge in [-0.2, -0.15) is 0 Å². The van der Waals surface area contributed by atoms with E-state index in [-0.39, 0.29) is 0 Å². The second-order valence-electron chi connectivity index (χ2n) is 5.42. The van der Waals surface area contributed by atoms with Crippen molar-refractivity contribution in [1.82, 2.24) is 0 Å². The molecule has 0 saturated heterocycles. The molecule has 1 heterocycles. The summed E-state index contributed by atoms with van der Waals surface area (Å²) in [6.07, 6.45) is 1.52. The molecule has 1 aromatic heterocycles. The minimum atomic E-state index is -1.33. The largest absolute Gasteiger partial charge is 0.591 e. The van der Waals surface area contributed by atoms with Crippen molar-refractivity contribution in [3.05, 3.63) is 46.8 Å². The molecule has 2 nitrogen and oxygen atoms in total. The topological polar surface area (TPSA) is 35.4 Å². The van der Waals surface area contributed by atoms with E-state index in [1.165, 1.54) is 29.7 Å². The van der Waals surface area contributed by atoms with Gasteiger partial charge in [0, 0.05) is 16.5 Å². The Morgan fingerprint density at radius 3 is 2.52 bits per heavy atom. The van der Waals surface area contributed by atoms with Gasteiger partial charge in [-0.05, 0) is 45.0 Å². The Balaban J connectivity index is 2.20. The Hall–Kier alpha value is -1.24. The van der Waals surface area contributed by atoms with Crippen molar-refractivity contribution in [3.63, 3.8) is 0 Å². The first-order valence-corrected chi connectivity index (χ1v) is 8.21. The lowest BCUT2D eigenvalue weighted by atomic mass is 10.2. The van der Waals surface area contributed by atoms with Gasteiger partial charge in [-0.25, -0.2) is 8.78 Å². The Bertz CT molecular complexity index is 662. The van der Waals surface area contributed by atoms with E-state index in [2.05, 4.69) is 4.40 Å². The van der Waals surface area contributed by atoms with Gasteiger partial charge in [0.15, 0.2) is 0 Å². The maximum absolute atomic E-state index is 13.7. The van der Waals surface area contributed by atoms with Crippen LogP contribution >= 0.6 is 11.3 Å². The highest BCUT2D eigenvalue weighted by Gasteiger charge is 2.25. The van der Waals surface area contributed by atoms with Gasteiger partial charge in [-0.1, -0.05) is 4.40 Å². The van der Waals surface area contributed by atoms with Crippen LogP contribution in [-0.4, -0.2) is 15.5 Å². The molecule has 0 N–H and O–H groups in total. The van der Waals surface area contributed by atoms with Gasteiger partial charge in [-0.15, -0.1) is 11.3 Å². The van der Waals surface area contributed by atoms with E-state index in [9.17, 15) is 13.3 Å². The quantitative estimate of drug-likeness (QED) is 0.600. The minimum Gasteiger partial charge on any atom is -0.591 e. The third kappa shape index (κ3) is 4.12. The van der Waals surface area contributed by atoms with Crippen LogP contribution in [0.3, 0.4) is 0 Å². The Morgan fingerprint density at radius 2 is 1.90 bits per heavy atom. The summed E-state index contributed by atoms with van der Waals surface area (Å²) in [4.78, 5) is 1.45. The van der Waals surface area contributed by atoms with Gasteiger partial charge in [0.25, 0.3) is 0 Å². The van der Waals surface area contributed by atoms with Gasteiger partial charge in [0.2, 0.25) is 0 Å². The molecule has 6 heteroatoms. The monoisotopic (exact) mass is 327 g/mol. The van der Waals surface area contributed by atoms with E-state index in [1.807, 2.05) is 20.8 Å². The van der Waals surface area contributed by atoms with Gasteiger partial charge in [0.1, 0.15) is 27.7 Å². The smallest absolute Gasteiger partial charge is 0.144 e. The van der Waals surface area contributed by atoms with Crippen molar-refractivity contribution < 1.29 is 13.3 Å². The molecule has 0 bridgehead atoms. The predicted octanol–water partition coefficient (Wildman–Crippen LogP) is 4.57.